The van der Waals surface area contributed by atoms with Crippen molar-refractivity contribution >= 4 is 30.2 Å². The number of ether oxygens (including phenoxy) is 2. The van der Waals surface area contributed by atoms with Crippen molar-refractivity contribution in [2.24, 2.45) is 0 Å². The molecule has 1 aliphatic heterocycles. The lowest BCUT2D eigenvalue weighted by Gasteiger charge is -2.40. The molecule has 0 unspecified atom stereocenters. The molecule has 2 heterocycles. The fourth-order valence-corrected chi connectivity index (χ4v) is 6.00. The summed E-state index contributed by atoms with van der Waals surface area (Å²) in [6, 6.07) is 7.80. The highest BCUT2D eigenvalue weighted by Gasteiger charge is 2.51. The SMILES string of the molecule is CO[C@@H]1[C@H](O[Si](C)(C)C(C)(C)C)[C@@H](COS(=O)(=O)c2ccc(C)cc2)O[C@H]1n1ccc(NC(C)=O)nc1=O. The van der Waals surface area contributed by atoms with Crippen LogP contribution in [0.1, 0.15) is 39.5 Å². The highest BCUT2D eigenvalue weighted by atomic mass is 32.2. The van der Waals surface area contributed by atoms with Gasteiger partial charge in [0.25, 0.3) is 10.1 Å². The lowest BCUT2D eigenvalue weighted by Crippen LogP contribution is -2.50. The van der Waals surface area contributed by atoms with Gasteiger partial charge in [-0.05, 0) is 43.3 Å². The molecule has 0 spiro atoms. The van der Waals surface area contributed by atoms with Crippen LogP contribution in [0.2, 0.25) is 18.1 Å². The minimum Gasteiger partial charge on any atom is -0.408 e. The molecule has 13 heteroatoms. The number of nitrogens with zero attached hydrogens (tertiary/aromatic N) is 2. The molecule has 1 aromatic carbocycles. The molecule has 11 nitrogen and oxygen atoms in total. The molecule has 0 radical (unpaired) electrons. The molecule has 1 N–H and O–H groups in total. The zero-order valence-electron chi connectivity index (χ0n) is 23.0. The number of aromatic nitrogens is 2. The van der Waals surface area contributed by atoms with Crippen LogP contribution in [0.5, 0.6) is 0 Å². The summed E-state index contributed by atoms with van der Waals surface area (Å²) in [5.41, 5.74) is 0.239. The van der Waals surface area contributed by atoms with Crippen molar-refractivity contribution in [2.75, 3.05) is 19.0 Å². The van der Waals surface area contributed by atoms with Crippen molar-refractivity contribution in [3.8, 4) is 0 Å². The minimum absolute atomic E-state index is 0.0248. The van der Waals surface area contributed by atoms with Crippen LogP contribution < -0.4 is 11.0 Å². The molecule has 210 valence electrons. The second-order valence-electron chi connectivity index (χ2n) is 10.8. The van der Waals surface area contributed by atoms with Crippen LogP contribution >= 0.6 is 0 Å². The van der Waals surface area contributed by atoms with Crippen LogP contribution in [0.3, 0.4) is 0 Å². The van der Waals surface area contributed by atoms with E-state index in [2.05, 4.69) is 44.2 Å². The molecule has 1 aliphatic rings. The average Bonchev–Trinajstić information content (AvgIpc) is 3.13. The lowest BCUT2D eigenvalue weighted by atomic mass is 10.1. The first-order chi connectivity index (χ1) is 17.6. The average molecular weight is 568 g/mol. The first-order valence-electron chi connectivity index (χ1n) is 12.2. The number of carbonyl (C=O) groups is 1. The first-order valence-corrected chi connectivity index (χ1v) is 16.6. The second kappa shape index (κ2) is 11.4. The van der Waals surface area contributed by atoms with Gasteiger partial charge in [0.05, 0.1) is 11.5 Å². The van der Waals surface area contributed by atoms with Crippen LogP contribution in [0.25, 0.3) is 0 Å². The number of nitrogens with one attached hydrogen (secondary N) is 1. The maximum Gasteiger partial charge on any atom is 0.351 e. The van der Waals surface area contributed by atoms with Gasteiger partial charge in [-0.25, -0.2) is 4.79 Å². The van der Waals surface area contributed by atoms with Crippen molar-refractivity contribution in [2.45, 2.75) is 82.2 Å². The summed E-state index contributed by atoms with van der Waals surface area (Å²) in [6.07, 6.45) is -1.92. The molecule has 1 amide bonds. The number of hydrogen-bond acceptors (Lipinski definition) is 9. The summed E-state index contributed by atoms with van der Waals surface area (Å²) < 4.78 is 51.1. The zero-order chi connectivity index (χ0) is 28.5. The maximum atomic E-state index is 12.9. The Kier molecular flexibility index (Phi) is 9.01. The molecular formula is C25H37N3O8SSi. The Balaban J connectivity index is 1.94. The smallest absolute Gasteiger partial charge is 0.351 e. The van der Waals surface area contributed by atoms with E-state index >= 15 is 0 Å². The van der Waals surface area contributed by atoms with Gasteiger partial charge in [0.15, 0.2) is 14.5 Å². The monoisotopic (exact) mass is 567 g/mol. The summed E-state index contributed by atoms with van der Waals surface area (Å²) in [4.78, 5) is 28.1. The van der Waals surface area contributed by atoms with E-state index in [9.17, 15) is 18.0 Å². The molecule has 4 atom stereocenters. The highest BCUT2D eigenvalue weighted by molar-refractivity contribution is 7.86. The van der Waals surface area contributed by atoms with E-state index in [4.69, 9.17) is 18.1 Å². The number of amides is 1. The molecule has 0 aliphatic carbocycles. The Morgan fingerprint density at radius 2 is 1.79 bits per heavy atom. The van der Waals surface area contributed by atoms with Crippen LogP contribution in [-0.2, 0) is 33.0 Å². The highest BCUT2D eigenvalue weighted by Crippen LogP contribution is 2.42. The fraction of sp³-hybridized carbons (Fsp3) is 0.560. The van der Waals surface area contributed by atoms with Gasteiger partial charge >= 0.3 is 5.69 Å². The summed E-state index contributed by atoms with van der Waals surface area (Å²) in [5.74, 6) is -0.264. The van der Waals surface area contributed by atoms with E-state index in [0.29, 0.717) is 0 Å². The zero-order valence-corrected chi connectivity index (χ0v) is 24.9. The van der Waals surface area contributed by atoms with E-state index in [-0.39, 0.29) is 28.3 Å². The summed E-state index contributed by atoms with van der Waals surface area (Å²) in [7, 11) is -5.01. The molecule has 1 fully saturated rings. The number of benzene rings is 1. The molecule has 3 rings (SSSR count). The van der Waals surface area contributed by atoms with Gasteiger partial charge in [-0.1, -0.05) is 38.5 Å². The molecule has 0 bridgehead atoms. The third-order valence-corrected chi connectivity index (χ3v) is 12.7. The van der Waals surface area contributed by atoms with Crippen molar-refractivity contribution in [1.29, 1.82) is 0 Å². The van der Waals surface area contributed by atoms with Gasteiger partial charge in [-0.3, -0.25) is 13.5 Å². The van der Waals surface area contributed by atoms with Crippen LogP contribution in [0.15, 0.2) is 46.2 Å². The summed E-state index contributed by atoms with van der Waals surface area (Å²) >= 11 is 0. The number of methoxy groups -OCH3 is 1. The second-order valence-corrected chi connectivity index (χ2v) is 17.2. The van der Waals surface area contributed by atoms with E-state index < -0.39 is 48.7 Å². The number of carbonyl (C=O) groups excluding carboxylic acids is 1. The molecule has 1 aromatic heterocycles. The maximum absolute atomic E-state index is 12.9. The standard InChI is InChI=1S/C25H37N3O8SSi/c1-16-9-11-18(12-10-16)37(31,32)34-15-19-21(36-38(7,8)25(3,4)5)22(33-6)23(35-19)28-14-13-20(26-17(2)29)27-24(28)30/h9-14,19,21-23H,15H2,1-8H3,(H,26,27,29,30)/t19-,21-,22-,23-/m1/s1. The van der Waals surface area contributed by atoms with Gasteiger partial charge < -0.3 is 19.2 Å². The molecule has 2 aromatic rings. The van der Waals surface area contributed by atoms with Crippen molar-refractivity contribution in [3.05, 3.63) is 52.6 Å². The Bertz CT molecular complexity index is 1310. The Morgan fingerprint density at radius 3 is 2.32 bits per heavy atom. The predicted octanol–water partition coefficient (Wildman–Crippen LogP) is 3.22. The quantitative estimate of drug-likeness (QED) is 0.358. The Hall–Kier alpha value is -2.42. The van der Waals surface area contributed by atoms with Crippen molar-refractivity contribution in [1.82, 2.24) is 9.55 Å². The minimum atomic E-state index is -4.08. The Labute approximate surface area is 224 Å². The van der Waals surface area contributed by atoms with Crippen molar-refractivity contribution < 1.29 is 31.3 Å². The molecule has 38 heavy (non-hydrogen) atoms. The van der Waals surface area contributed by atoms with Gasteiger partial charge in [0.1, 0.15) is 24.1 Å². The summed E-state index contributed by atoms with van der Waals surface area (Å²) in [5, 5.41) is 2.30. The van der Waals surface area contributed by atoms with E-state index in [1.54, 1.807) is 12.1 Å². The van der Waals surface area contributed by atoms with Crippen LogP contribution in [-0.4, -0.2) is 64.2 Å². The lowest BCUT2D eigenvalue weighted by molar-refractivity contribution is -0.114. The largest absolute Gasteiger partial charge is 0.408 e. The van der Waals surface area contributed by atoms with E-state index in [1.165, 1.54) is 43.0 Å². The molecule has 1 saturated heterocycles. The van der Waals surface area contributed by atoms with E-state index in [1.807, 2.05) is 6.92 Å². The number of rotatable bonds is 9. The Morgan fingerprint density at radius 1 is 1.16 bits per heavy atom. The van der Waals surface area contributed by atoms with Gasteiger partial charge in [0, 0.05) is 20.2 Å². The topological polar surface area (TPSA) is 135 Å². The predicted molar refractivity (Wildman–Crippen MR) is 144 cm³/mol. The van der Waals surface area contributed by atoms with Crippen molar-refractivity contribution in [3.63, 3.8) is 0 Å². The van der Waals surface area contributed by atoms with Crippen LogP contribution in [0, 0.1) is 6.92 Å². The van der Waals surface area contributed by atoms with Gasteiger partial charge in [0.2, 0.25) is 5.91 Å². The molecule has 0 saturated carbocycles. The van der Waals surface area contributed by atoms with E-state index in [0.717, 1.165) is 5.56 Å². The number of anilines is 1. The normalized spacial score (nSPS) is 22.4. The third kappa shape index (κ3) is 6.76. The molecular weight excluding hydrogens is 530 g/mol. The summed E-state index contributed by atoms with van der Waals surface area (Å²) in [6.45, 7) is 13.2. The van der Waals surface area contributed by atoms with Crippen LogP contribution in [0.4, 0.5) is 5.82 Å². The van der Waals surface area contributed by atoms with Gasteiger partial charge in [-0.15, -0.1) is 0 Å². The first kappa shape index (κ1) is 30.1. The number of hydrogen-bond donors (Lipinski definition) is 1. The third-order valence-electron chi connectivity index (χ3n) is 6.90. The fourth-order valence-electron chi connectivity index (χ4n) is 3.76. The van der Waals surface area contributed by atoms with Gasteiger partial charge in [-0.2, -0.15) is 13.4 Å². The number of aryl methyl sites for hydroxylation is 1.